The molecule has 0 aromatic carbocycles. The number of nitrogens with one attached hydrogen (secondary N) is 1. The first kappa shape index (κ1) is 17.0. The molecule has 3 rings (SSSR count). The molecule has 1 aliphatic rings. The van der Waals surface area contributed by atoms with Crippen LogP contribution < -0.4 is 5.32 Å². The molecular formula is C17H22N4O2S. The van der Waals surface area contributed by atoms with E-state index in [1.165, 1.54) is 16.7 Å². The van der Waals surface area contributed by atoms with E-state index in [1.54, 1.807) is 6.20 Å². The van der Waals surface area contributed by atoms with Crippen LogP contribution in [0.15, 0.2) is 24.4 Å². The Morgan fingerprint density at radius 1 is 1.46 bits per heavy atom. The summed E-state index contributed by atoms with van der Waals surface area (Å²) in [6.07, 6.45) is 1.60. The highest BCUT2D eigenvalue weighted by atomic mass is 32.1. The van der Waals surface area contributed by atoms with Crippen molar-refractivity contribution in [3.8, 4) is 0 Å². The van der Waals surface area contributed by atoms with Crippen LogP contribution in [0.5, 0.6) is 0 Å². The number of ether oxygens (including phenoxy) is 1. The van der Waals surface area contributed by atoms with E-state index >= 15 is 0 Å². The van der Waals surface area contributed by atoms with E-state index in [-0.39, 0.29) is 12.0 Å². The van der Waals surface area contributed by atoms with Crippen LogP contribution in [0.1, 0.15) is 34.3 Å². The van der Waals surface area contributed by atoms with Gasteiger partial charge in [-0.1, -0.05) is 0 Å². The largest absolute Gasteiger partial charge is 0.368 e. The topological polar surface area (TPSA) is 67.4 Å². The summed E-state index contributed by atoms with van der Waals surface area (Å²) in [4.78, 5) is 25.0. The average Bonchev–Trinajstić information content (AvgIpc) is 2.98. The van der Waals surface area contributed by atoms with Gasteiger partial charge in [0, 0.05) is 42.5 Å². The van der Waals surface area contributed by atoms with Gasteiger partial charge in [0.15, 0.2) is 5.82 Å². The summed E-state index contributed by atoms with van der Waals surface area (Å²) in [6, 6.07) is 6.16. The van der Waals surface area contributed by atoms with Crippen LogP contribution >= 0.6 is 11.3 Å². The van der Waals surface area contributed by atoms with Gasteiger partial charge in [-0.25, -0.2) is 9.97 Å². The van der Waals surface area contributed by atoms with Crippen LogP contribution in [-0.4, -0.2) is 40.5 Å². The molecule has 2 aromatic rings. The quantitative estimate of drug-likeness (QED) is 0.897. The molecule has 0 unspecified atom stereocenters. The molecule has 24 heavy (non-hydrogen) atoms. The summed E-state index contributed by atoms with van der Waals surface area (Å²) in [5.41, 5.74) is 0.796. The van der Waals surface area contributed by atoms with Crippen LogP contribution in [0.2, 0.25) is 0 Å². The molecule has 1 aliphatic heterocycles. The van der Waals surface area contributed by atoms with Crippen LogP contribution in [0.4, 0.5) is 0 Å². The molecule has 1 amide bonds. The third kappa shape index (κ3) is 4.59. The molecular weight excluding hydrogens is 324 g/mol. The number of hydrogen-bond acceptors (Lipinski definition) is 6. The zero-order valence-corrected chi connectivity index (χ0v) is 14.8. The second-order valence-corrected chi connectivity index (χ2v) is 7.30. The molecule has 3 heterocycles. The number of hydrogen-bond donors (Lipinski definition) is 1. The van der Waals surface area contributed by atoms with Crippen LogP contribution in [-0.2, 0) is 22.6 Å². The third-order valence-electron chi connectivity index (χ3n) is 3.86. The Labute approximate surface area is 145 Å². The smallest absolute Gasteiger partial charge is 0.217 e. The van der Waals surface area contributed by atoms with Gasteiger partial charge in [-0.15, -0.1) is 11.3 Å². The van der Waals surface area contributed by atoms with E-state index in [0.29, 0.717) is 19.0 Å². The van der Waals surface area contributed by atoms with E-state index < -0.39 is 0 Å². The Hall–Kier alpha value is -1.83. The minimum atomic E-state index is -0.128. The van der Waals surface area contributed by atoms with Gasteiger partial charge in [0.1, 0.15) is 6.10 Å². The number of thiophene rings is 1. The molecule has 0 spiro atoms. The van der Waals surface area contributed by atoms with Crippen LogP contribution in [0.25, 0.3) is 0 Å². The van der Waals surface area contributed by atoms with Gasteiger partial charge in [0.2, 0.25) is 5.91 Å². The molecule has 1 atom stereocenters. The Morgan fingerprint density at radius 2 is 2.33 bits per heavy atom. The number of morpholine rings is 1. The zero-order chi connectivity index (χ0) is 16.9. The molecule has 1 N–H and O–H groups in total. The van der Waals surface area contributed by atoms with Gasteiger partial charge in [0.25, 0.3) is 0 Å². The minimum Gasteiger partial charge on any atom is -0.368 e. The van der Waals surface area contributed by atoms with Crippen molar-refractivity contribution in [3.05, 3.63) is 45.7 Å². The monoisotopic (exact) mass is 346 g/mol. The zero-order valence-electron chi connectivity index (χ0n) is 14.0. The van der Waals surface area contributed by atoms with Crippen molar-refractivity contribution in [2.24, 2.45) is 0 Å². The van der Waals surface area contributed by atoms with Crippen molar-refractivity contribution in [1.82, 2.24) is 20.2 Å². The van der Waals surface area contributed by atoms with Gasteiger partial charge >= 0.3 is 0 Å². The van der Waals surface area contributed by atoms with E-state index in [4.69, 9.17) is 4.74 Å². The van der Waals surface area contributed by atoms with E-state index in [2.05, 4.69) is 39.2 Å². The van der Waals surface area contributed by atoms with E-state index in [1.807, 2.05) is 17.4 Å². The number of rotatable bonds is 5. The first-order valence-corrected chi connectivity index (χ1v) is 8.87. The Kier molecular flexibility index (Phi) is 5.55. The van der Waals surface area contributed by atoms with Gasteiger partial charge in [-0.2, -0.15) is 0 Å². The van der Waals surface area contributed by atoms with Crippen molar-refractivity contribution < 1.29 is 9.53 Å². The van der Waals surface area contributed by atoms with Crippen LogP contribution in [0.3, 0.4) is 0 Å². The normalized spacial score (nSPS) is 18.5. The van der Waals surface area contributed by atoms with Gasteiger partial charge < -0.3 is 10.1 Å². The number of carbonyl (C=O) groups excluding carboxylic acids is 1. The first-order chi connectivity index (χ1) is 11.6. The standard InChI is InChI=1S/C17H22N4O2S/c1-12-3-4-15(24-12)10-21-7-8-23-16(11-21)17-18-6-5-14(20-17)9-19-13(2)22/h3-6,16H,7-11H2,1-2H3,(H,19,22)/t16-/m1/s1. The lowest BCUT2D eigenvalue weighted by Gasteiger charge is -2.31. The van der Waals surface area contributed by atoms with Gasteiger partial charge in [0.05, 0.1) is 18.8 Å². The first-order valence-electron chi connectivity index (χ1n) is 8.05. The van der Waals surface area contributed by atoms with Crippen molar-refractivity contribution in [3.63, 3.8) is 0 Å². The molecule has 6 nitrogen and oxygen atoms in total. The van der Waals surface area contributed by atoms with Crippen molar-refractivity contribution >= 4 is 17.2 Å². The number of aromatic nitrogens is 2. The Morgan fingerprint density at radius 3 is 3.08 bits per heavy atom. The van der Waals surface area contributed by atoms with Crippen LogP contribution in [0, 0.1) is 6.92 Å². The minimum absolute atomic E-state index is 0.0681. The highest BCUT2D eigenvalue weighted by molar-refractivity contribution is 7.11. The SMILES string of the molecule is CC(=O)NCc1ccnc([C@H]2CN(Cc3ccc(C)s3)CCO2)n1. The fraction of sp³-hybridized carbons (Fsp3) is 0.471. The second-order valence-electron chi connectivity index (χ2n) is 5.92. The number of aryl methyl sites for hydroxylation is 1. The Balaban J connectivity index is 1.63. The maximum absolute atomic E-state index is 11.0. The summed E-state index contributed by atoms with van der Waals surface area (Å²) >= 11 is 1.84. The lowest BCUT2D eigenvalue weighted by Crippen LogP contribution is -2.38. The maximum Gasteiger partial charge on any atom is 0.217 e. The summed E-state index contributed by atoms with van der Waals surface area (Å²) in [5.74, 6) is 0.617. The van der Waals surface area contributed by atoms with Gasteiger partial charge in [-0.3, -0.25) is 9.69 Å². The second kappa shape index (κ2) is 7.83. The molecule has 0 aliphatic carbocycles. The summed E-state index contributed by atoms with van der Waals surface area (Å²) in [5, 5.41) is 2.76. The number of nitrogens with zero attached hydrogens (tertiary/aromatic N) is 3. The fourth-order valence-corrected chi connectivity index (χ4v) is 3.61. The lowest BCUT2D eigenvalue weighted by molar-refractivity contribution is -0.119. The molecule has 0 radical (unpaired) electrons. The molecule has 0 bridgehead atoms. The molecule has 128 valence electrons. The third-order valence-corrected chi connectivity index (χ3v) is 4.85. The number of amides is 1. The highest BCUT2D eigenvalue weighted by Gasteiger charge is 2.24. The van der Waals surface area contributed by atoms with E-state index in [0.717, 1.165) is 25.3 Å². The maximum atomic E-state index is 11.0. The predicted octanol–water partition coefficient (Wildman–Crippen LogP) is 2.06. The van der Waals surface area contributed by atoms with E-state index in [9.17, 15) is 4.79 Å². The fourth-order valence-electron chi connectivity index (χ4n) is 2.67. The molecule has 0 saturated carbocycles. The highest BCUT2D eigenvalue weighted by Crippen LogP contribution is 2.23. The summed E-state index contributed by atoms with van der Waals surface area (Å²) in [6.45, 7) is 7.34. The van der Waals surface area contributed by atoms with Crippen molar-refractivity contribution in [2.75, 3.05) is 19.7 Å². The average molecular weight is 346 g/mol. The predicted molar refractivity (Wildman–Crippen MR) is 92.6 cm³/mol. The van der Waals surface area contributed by atoms with Crippen molar-refractivity contribution in [2.45, 2.75) is 33.0 Å². The summed E-state index contributed by atoms with van der Waals surface area (Å²) in [7, 11) is 0. The number of carbonyl (C=O) groups is 1. The summed E-state index contributed by atoms with van der Waals surface area (Å²) < 4.78 is 5.87. The molecule has 2 aromatic heterocycles. The molecule has 1 fully saturated rings. The molecule has 7 heteroatoms. The van der Waals surface area contributed by atoms with Crippen molar-refractivity contribution in [1.29, 1.82) is 0 Å². The Bertz CT molecular complexity index is 703. The van der Waals surface area contributed by atoms with Gasteiger partial charge in [-0.05, 0) is 25.1 Å². The lowest BCUT2D eigenvalue weighted by atomic mass is 10.2. The molecule has 1 saturated heterocycles.